The number of aliphatic hydroxyl groups is 1. The van der Waals surface area contributed by atoms with E-state index in [1.54, 1.807) is 14.2 Å². The second kappa shape index (κ2) is 5.18. The number of ether oxygens (including phenoxy) is 2. The van der Waals surface area contributed by atoms with E-state index in [0.29, 0.717) is 11.5 Å². The number of hydrogen-bond donors (Lipinski definition) is 2. The van der Waals surface area contributed by atoms with E-state index in [9.17, 15) is 0 Å². The molecule has 0 heterocycles. The van der Waals surface area contributed by atoms with Gasteiger partial charge in [-0.15, -0.1) is 0 Å². The fourth-order valence-electron chi connectivity index (χ4n) is 1.72. The van der Waals surface area contributed by atoms with Gasteiger partial charge in [-0.25, -0.2) is 0 Å². The molecule has 0 radical (unpaired) electrons. The van der Waals surface area contributed by atoms with Gasteiger partial charge in [-0.1, -0.05) is 6.07 Å². The molecule has 16 heavy (non-hydrogen) atoms. The van der Waals surface area contributed by atoms with Gasteiger partial charge in [0.15, 0.2) is 11.5 Å². The lowest BCUT2D eigenvalue weighted by Gasteiger charge is -2.19. The number of methoxy groups -OCH3 is 2. The van der Waals surface area contributed by atoms with E-state index in [4.69, 9.17) is 20.3 Å². The SMILES string of the molecule is COc1c(C(N)CO)cc(C)c(C)c1OC. The zero-order valence-corrected chi connectivity index (χ0v) is 10.2. The van der Waals surface area contributed by atoms with E-state index in [-0.39, 0.29) is 6.61 Å². The molecule has 0 amide bonds. The fraction of sp³-hybridized carbons (Fsp3) is 0.500. The van der Waals surface area contributed by atoms with Gasteiger partial charge in [0, 0.05) is 5.56 Å². The highest BCUT2D eigenvalue weighted by molar-refractivity contribution is 5.55. The highest BCUT2D eigenvalue weighted by atomic mass is 16.5. The topological polar surface area (TPSA) is 64.7 Å². The number of hydrogen-bond acceptors (Lipinski definition) is 4. The van der Waals surface area contributed by atoms with Crippen LogP contribution >= 0.6 is 0 Å². The number of benzene rings is 1. The molecule has 4 nitrogen and oxygen atoms in total. The Labute approximate surface area is 96.0 Å². The van der Waals surface area contributed by atoms with Crippen LogP contribution in [0.25, 0.3) is 0 Å². The van der Waals surface area contributed by atoms with Crippen LogP contribution < -0.4 is 15.2 Å². The second-order valence-electron chi connectivity index (χ2n) is 3.76. The van der Waals surface area contributed by atoms with Crippen molar-refractivity contribution < 1.29 is 14.6 Å². The Kier molecular flexibility index (Phi) is 4.15. The first kappa shape index (κ1) is 12.8. The van der Waals surface area contributed by atoms with Gasteiger partial charge < -0.3 is 20.3 Å². The minimum atomic E-state index is -0.455. The molecule has 0 saturated heterocycles. The van der Waals surface area contributed by atoms with Crippen molar-refractivity contribution in [3.8, 4) is 11.5 Å². The van der Waals surface area contributed by atoms with Crippen molar-refractivity contribution in [3.63, 3.8) is 0 Å². The molecule has 90 valence electrons. The Morgan fingerprint density at radius 1 is 1.25 bits per heavy atom. The summed E-state index contributed by atoms with van der Waals surface area (Å²) in [6.07, 6.45) is 0. The molecule has 1 unspecified atom stereocenters. The van der Waals surface area contributed by atoms with Crippen molar-refractivity contribution in [1.29, 1.82) is 0 Å². The molecule has 0 bridgehead atoms. The maximum absolute atomic E-state index is 9.11. The highest BCUT2D eigenvalue weighted by Crippen LogP contribution is 2.38. The molecular formula is C12H19NO3. The zero-order valence-electron chi connectivity index (χ0n) is 10.2. The lowest BCUT2D eigenvalue weighted by Crippen LogP contribution is -2.16. The molecule has 1 atom stereocenters. The van der Waals surface area contributed by atoms with E-state index < -0.39 is 6.04 Å². The summed E-state index contributed by atoms with van der Waals surface area (Å²) in [5, 5.41) is 9.11. The number of nitrogens with two attached hydrogens (primary N) is 1. The maximum atomic E-state index is 9.11. The summed E-state index contributed by atoms with van der Waals surface area (Å²) < 4.78 is 10.6. The maximum Gasteiger partial charge on any atom is 0.165 e. The highest BCUT2D eigenvalue weighted by Gasteiger charge is 2.19. The van der Waals surface area contributed by atoms with Crippen molar-refractivity contribution in [2.45, 2.75) is 19.9 Å². The van der Waals surface area contributed by atoms with Crippen molar-refractivity contribution in [2.24, 2.45) is 5.73 Å². The second-order valence-corrected chi connectivity index (χ2v) is 3.76. The van der Waals surface area contributed by atoms with Crippen LogP contribution in [0.5, 0.6) is 11.5 Å². The van der Waals surface area contributed by atoms with E-state index in [2.05, 4.69) is 0 Å². The van der Waals surface area contributed by atoms with E-state index in [0.717, 1.165) is 16.7 Å². The quantitative estimate of drug-likeness (QED) is 0.811. The van der Waals surface area contributed by atoms with Crippen LogP contribution in [0.15, 0.2) is 6.07 Å². The lowest BCUT2D eigenvalue weighted by molar-refractivity contribution is 0.263. The minimum Gasteiger partial charge on any atom is -0.493 e. The zero-order chi connectivity index (χ0) is 12.3. The number of aliphatic hydroxyl groups excluding tert-OH is 1. The van der Waals surface area contributed by atoms with Gasteiger partial charge in [0.25, 0.3) is 0 Å². The molecule has 0 saturated carbocycles. The monoisotopic (exact) mass is 225 g/mol. The fourth-order valence-corrected chi connectivity index (χ4v) is 1.72. The molecule has 1 aromatic rings. The molecule has 0 aromatic heterocycles. The predicted molar refractivity (Wildman–Crippen MR) is 63.0 cm³/mol. The third-order valence-corrected chi connectivity index (χ3v) is 2.78. The summed E-state index contributed by atoms with van der Waals surface area (Å²) in [6.45, 7) is 3.82. The molecule has 0 aliphatic rings. The van der Waals surface area contributed by atoms with Crippen LogP contribution in [-0.4, -0.2) is 25.9 Å². The van der Waals surface area contributed by atoms with Gasteiger partial charge >= 0.3 is 0 Å². The molecule has 0 fully saturated rings. The summed E-state index contributed by atoms with van der Waals surface area (Å²) in [4.78, 5) is 0. The van der Waals surface area contributed by atoms with Crippen molar-refractivity contribution in [1.82, 2.24) is 0 Å². The Morgan fingerprint density at radius 3 is 2.25 bits per heavy atom. The Balaban J connectivity index is 3.43. The van der Waals surface area contributed by atoms with Crippen LogP contribution in [-0.2, 0) is 0 Å². The third-order valence-electron chi connectivity index (χ3n) is 2.78. The first-order valence-corrected chi connectivity index (χ1v) is 5.15. The van der Waals surface area contributed by atoms with Crippen LogP contribution in [0.3, 0.4) is 0 Å². The summed E-state index contributed by atoms with van der Waals surface area (Å²) >= 11 is 0. The molecule has 4 heteroatoms. The average Bonchev–Trinajstić information content (AvgIpc) is 2.30. The summed E-state index contributed by atoms with van der Waals surface area (Å²) in [6, 6.07) is 1.47. The van der Waals surface area contributed by atoms with E-state index in [1.807, 2.05) is 19.9 Å². The summed E-state index contributed by atoms with van der Waals surface area (Å²) in [5.74, 6) is 1.29. The molecule has 3 N–H and O–H groups in total. The standard InChI is InChI=1S/C12H19NO3/c1-7-5-9(10(13)6-14)12(16-4)11(15-3)8(7)2/h5,10,14H,6,13H2,1-4H3. The Hall–Kier alpha value is -1.26. The number of rotatable bonds is 4. The van der Waals surface area contributed by atoms with Gasteiger partial charge in [0.2, 0.25) is 0 Å². The van der Waals surface area contributed by atoms with Crippen LogP contribution in [0, 0.1) is 13.8 Å². The molecule has 1 aromatic carbocycles. The van der Waals surface area contributed by atoms with E-state index >= 15 is 0 Å². The molecule has 0 spiro atoms. The van der Waals surface area contributed by atoms with E-state index in [1.165, 1.54) is 0 Å². The average molecular weight is 225 g/mol. The van der Waals surface area contributed by atoms with Crippen LogP contribution in [0.1, 0.15) is 22.7 Å². The first-order chi connectivity index (χ1) is 7.56. The molecular weight excluding hydrogens is 206 g/mol. The molecule has 1 rings (SSSR count). The molecule has 0 aliphatic carbocycles. The van der Waals surface area contributed by atoms with Gasteiger partial charge in [-0.2, -0.15) is 0 Å². The van der Waals surface area contributed by atoms with Crippen molar-refractivity contribution in [2.75, 3.05) is 20.8 Å². The Morgan fingerprint density at radius 2 is 1.81 bits per heavy atom. The van der Waals surface area contributed by atoms with Crippen molar-refractivity contribution in [3.05, 3.63) is 22.8 Å². The predicted octanol–water partition coefficient (Wildman–Crippen LogP) is 1.31. The lowest BCUT2D eigenvalue weighted by atomic mass is 9.99. The third kappa shape index (κ3) is 2.13. The minimum absolute atomic E-state index is 0.123. The number of aryl methyl sites for hydroxylation is 1. The van der Waals surface area contributed by atoms with Crippen LogP contribution in [0.2, 0.25) is 0 Å². The first-order valence-electron chi connectivity index (χ1n) is 5.15. The normalized spacial score (nSPS) is 12.4. The molecule has 0 aliphatic heterocycles. The van der Waals surface area contributed by atoms with Gasteiger partial charge in [-0.3, -0.25) is 0 Å². The smallest absolute Gasteiger partial charge is 0.165 e. The van der Waals surface area contributed by atoms with Gasteiger partial charge in [-0.05, 0) is 25.0 Å². The summed E-state index contributed by atoms with van der Waals surface area (Å²) in [7, 11) is 3.17. The van der Waals surface area contributed by atoms with Crippen molar-refractivity contribution >= 4 is 0 Å². The largest absolute Gasteiger partial charge is 0.493 e. The van der Waals surface area contributed by atoms with Gasteiger partial charge in [0.1, 0.15) is 0 Å². The van der Waals surface area contributed by atoms with Gasteiger partial charge in [0.05, 0.1) is 26.9 Å². The Bertz CT molecular complexity index is 377. The van der Waals surface area contributed by atoms with Crippen LogP contribution in [0.4, 0.5) is 0 Å². The summed E-state index contributed by atoms with van der Waals surface area (Å²) in [5.41, 5.74) is 8.68.